The van der Waals surface area contributed by atoms with E-state index in [1.165, 1.54) is 0 Å². The van der Waals surface area contributed by atoms with E-state index in [1.807, 2.05) is 24.3 Å². The lowest BCUT2D eigenvalue weighted by Crippen LogP contribution is -2.14. The molecule has 0 amide bonds. The Bertz CT molecular complexity index is 1290. The first-order valence-electron chi connectivity index (χ1n) is 11.7. The summed E-state index contributed by atoms with van der Waals surface area (Å²) < 4.78 is 34.3. The highest BCUT2D eigenvalue weighted by molar-refractivity contribution is 5.87. The van der Waals surface area contributed by atoms with E-state index in [1.54, 1.807) is 41.6 Å². The van der Waals surface area contributed by atoms with Crippen LogP contribution >= 0.6 is 0 Å². The molecule has 3 aromatic carbocycles. The highest BCUT2D eigenvalue weighted by Gasteiger charge is 2.41. The maximum atomic E-state index is 11.0. The van der Waals surface area contributed by atoms with Crippen LogP contribution in [0.15, 0.2) is 30.3 Å². The minimum Gasteiger partial charge on any atom is -0.507 e. The van der Waals surface area contributed by atoms with Gasteiger partial charge in [-0.15, -0.1) is 0 Å². The minimum absolute atomic E-state index is 0.112. The molecule has 0 saturated carbocycles. The lowest BCUT2D eigenvalue weighted by Gasteiger charge is -2.25. The topological polar surface area (TPSA) is 95.8 Å². The van der Waals surface area contributed by atoms with Crippen LogP contribution in [0.2, 0.25) is 0 Å². The van der Waals surface area contributed by atoms with Crippen LogP contribution in [-0.2, 0) is 12.8 Å². The normalized spacial score (nSPS) is 17.4. The van der Waals surface area contributed by atoms with Crippen LogP contribution in [-0.4, -0.2) is 52.4 Å². The van der Waals surface area contributed by atoms with Crippen molar-refractivity contribution in [3.8, 4) is 51.4 Å². The van der Waals surface area contributed by atoms with E-state index in [0.29, 0.717) is 46.5 Å². The van der Waals surface area contributed by atoms with E-state index in [2.05, 4.69) is 0 Å². The Hall–Kier alpha value is -3.78. The quantitative estimate of drug-likeness (QED) is 0.499. The molecule has 0 fully saturated rings. The minimum atomic E-state index is -0.527. The van der Waals surface area contributed by atoms with Crippen LogP contribution in [0, 0.1) is 0 Å². The molecule has 2 N–H and O–H groups in total. The largest absolute Gasteiger partial charge is 0.507 e. The smallest absolute Gasteiger partial charge is 0.203 e. The van der Waals surface area contributed by atoms with E-state index < -0.39 is 6.10 Å². The fraction of sp³-hybridized carbons (Fsp3) is 0.357. The number of aromatic hydroxyl groups is 1. The van der Waals surface area contributed by atoms with Crippen molar-refractivity contribution < 1.29 is 38.6 Å². The number of hydrogen-bond acceptors (Lipinski definition) is 8. The van der Waals surface area contributed by atoms with E-state index in [4.69, 9.17) is 28.4 Å². The molecule has 2 aliphatic rings. The first-order chi connectivity index (χ1) is 17.5. The van der Waals surface area contributed by atoms with Crippen molar-refractivity contribution in [3.63, 3.8) is 0 Å². The van der Waals surface area contributed by atoms with Crippen molar-refractivity contribution in [2.45, 2.75) is 24.9 Å². The van der Waals surface area contributed by atoms with Gasteiger partial charge in [0, 0.05) is 33.9 Å². The van der Waals surface area contributed by atoms with Crippen molar-refractivity contribution in [2.24, 2.45) is 0 Å². The molecule has 8 heteroatoms. The summed E-state index contributed by atoms with van der Waals surface area (Å²) >= 11 is 0. The van der Waals surface area contributed by atoms with Crippen LogP contribution in [0.5, 0.6) is 40.2 Å². The molecule has 8 nitrogen and oxygen atoms in total. The van der Waals surface area contributed by atoms with Crippen molar-refractivity contribution in [2.75, 3.05) is 42.2 Å². The Kier molecular flexibility index (Phi) is 6.22. The number of hydrogen-bond donors (Lipinski definition) is 2. The lowest BCUT2D eigenvalue weighted by atomic mass is 9.81. The van der Waals surface area contributed by atoms with Gasteiger partial charge in [-0.3, -0.25) is 0 Å². The van der Waals surface area contributed by atoms with Gasteiger partial charge < -0.3 is 38.6 Å². The highest BCUT2D eigenvalue weighted by atomic mass is 16.5. The molecule has 0 bridgehead atoms. The second-order valence-corrected chi connectivity index (χ2v) is 8.82. The highest BCUT2D eigenvalue weighted by Crippen LogP contribution is 2.58. The Balaban J connectivity index is 1.71. The van der Waals surface area contributed by atoms with Gasteiger partial charge in [0.05, 0.1) is 48.1 Å². The molecular formula is C28H30O8. The van der Waals surface area contributed by atoms with Crippen molar-refractivity contribution in [1.82, 2.24) is 0 Å². The summed E-state index contributed by atoms with van der Waals surface area (Å²) in [5.74, 6) is 3.14. The van der Waals surface area contributed by atoms with Crippen LogP contribution in [0.1, 0.15) is 34.3 Å². The number of methoxy groups -OCH3 is 5. The summed E-state index contributed by atoms with van der Waals surface area (Å²) in [4.78, 5) is 0. The zero-order valence-electron chi connectivity index (χ0n) is 21.0. The maximum absolute atomic E-state index is 11.0. The Morgan fingerprint density at radius 1 is 0.806 bits per heavy atom. The Morgan fingerprint density at radius 2 is 1.50 bits per heavy atom. The Morgan fingerprint density at radius 3 is 2.08 bits per heavy atom. The maximum Gasteiger partial charge on any atom is 0.203 e. The number of fused-ring (bicyclic) bond motifs is 5. The van der Waals surface area contributed by atoms with E-state index in [-0.39, 0.29) is 18.3 Å². The number of rotatable bonds is 7. The molecule has 3 aromatic rings. The number of aryl methyl sites for hydroxylation is 1. The monoisotopic (exact) mass is 494 g/mol. The van der Waals surface area contributed by atoms with Gasteiger partial charge >= 0.3 is 0 Å². The molecule has 0 aromatic heterocycles. The Labute approximate surface area is 209 Å². The zero-order valence-corrected chi connectivity index (χ0v) is 21.0. The summed E-state index contributed by atoms with van der Waals surface area (Å²) in [6, 6.07) is 9.16. The molecule has 36 heavy (non-hydrogen) atoms. The average Bonchev–Trinajstić information content (AvgIpc) is 3.29. The molecule has 0 radical (unpaired) electrons. The van der Waals surface area contributed by atoms with E-state index in [0.717, 1.165) is 34.2 Å². The fourth-order valence-electron chi connectivity index (χ4n) is 5.45. The first kappa shape index (κ1) is 23.9. The molecule has 2 atom stereocenters. The number of phenolic OH excluding ortho intramolecular Hbond substituents is 1. The van der Waals surface area contributed by atoms with Crippen molar-refractivity contribution in [1.29, 1.82) is 0 Å². The number of ether oxygens (including phenoxy) is 6. The molecule has 5 rings (SSSR count). The number of aliphatic hydroxyl groups excluding tert-OH is 1. The van der Waals surface area contributed by atoms with Crippen LogP contribution in [0.25, 0.3) is 11.1 Å². The molecule has 1 heterocycles. The molecule has 1 aliphatic heterocycles. The van der Waals surface area contributed by atoms with E-state index in [9.17, 15) is 10.2 Å². The summed E-state index contributed by atoms with van der Waals surface area (Å²) in [7, 11) is 7.88. The summed E-state index contributed by atoms with van der Waals surface area (Å²) in [5, 5.41) is 21.5. The van der Waals surface area contributed by atoms with Crippen LogP contribution in [0.3, 0.4) is 0 Å². The number of benzene rings is 3. The SMILES string of the molecule is COc1cc(O)c2c(c1)CCc1c(OC)cc3c(c1-2)O[C@@H](c1cc(OC)c(OC)c(OC)c1)[C@@H]3CO. The van der Waals surface area contributed by atoms with Gasteiger partial charge in [-0.1, -0.05) is 0 Å². The van der Waals surface area contributed by atoms with Gasteiger partial charge in [-0.2, -0.15) is 0 Å². The third-order valence-electron chi connectivity index (χ3n) is 7.12. The predicted molar refractivity (Wildman–Crippen MR) is 133 cm³/mol. The van der Waals surface area contributed by atoms with Gasteiger partial charge in [0.1, 0.15) is 29.1 Å². The molecule has 0 spiro atoms. The van der Waals surface area contributed by atoms with E-state index >= 15 is 0 Å². The summed E-state index contributed by atoms with van der Waals surface area (Å²) in [6.45, 7) is -0.155. The van der Waals surface area contributed by atoms with Crippen molar-refractivity contribution >= 4 is 0 Å². The summed E-state index contributed by atoms with van der Waals surface area (Å²) in [6.07, 6.45) is 0.913. The van der Waals surface area contributed by atoms with Gasteiger partial charge in [-0.05, 0) is 42.7 Å². The molecular weight excluding hydrogens is 464 g/mol. The first-order valence-corrected chi connectivity index (χ1v) is 11.7. The molecule has 190 valence electrons. The van der Waals surface area contributed by atoms with Gasteiger partial charge in [0.2, 0.25) is 5.75 Å². The fourth-order valence-corrected chi connectivity index (χ4v) is 5.45. The third-order valence-corrected chi connectivity index (χ3v) is 7.12. The standard InChI is InChI=1S/C28H30O8/c1-31-16-8-14-6-7-17-21(32-2)12-18-19(13-29)26(36-27(18)25(17)24(14)20(30)11-16)15-9-22(33-3)28(35-5)23(10-15)34-4/h8-12,19,26,29-30H,6-7,13H2,1-5H3/t19-,26+/m1/s1. The van der Waals surface area contributed by atoms with Gasteiger partial charge in [-0.25, -0.2) is 0 Å². The summed E-state index contributed by atoms with van der Waals surface area (Å²) in [5.41, 5.74) is 5.01. The third kappa shape index (κ3) is 3.55. The van der Waals surface area contributed by atoms with Crippen LogP contribution in [0.4, 0.5) is 0 Å². The molecule has 0 saturated heterocycles. The lowest BCUT2D eigenvalue weighted by molar-refractivity contribution is 0.159. The second-order valence-electron chi connectivity index (χ2n) is 8.82. The molecule has 0 unspecified atom stereocenters. The van der Waals surface area contributed by atoms with Gasteiger partial charge in [0.25, 0.3) is 0 Å². The molecule has 1 aliphatic carbocycles. The second kappa shape index (κ2) is 9.35. The van der Waals surface area contributed by atoms with Crippen molar-refractivity contribution in [3.05, 3.63) is 52.6 Å². The number of aliphatic hydroxyl groups is 1. The predicted octanol–water partition coefficient (Wildman–Crippen LogP) is 4.41. The van der Waals surface area contributed by atoms with Crippen LogP contribution < -0.4 is 28.4 Å². The number of phenols is 1. The average molecular weight is 495 g/mol. The van der Waals surface area contributed by atoms with Gasteiger partial charge in [0.15, 0.2) is 11.5 Å². The zero-order chi connectivity index (χ0) is 25.6.